The number of nitrogens with zero attached hydrogens (tertiary/aromatic N) is 2. The molecular weight excluding hydrogens is 238 g/mol. The Morgan fingerprint density at radius 2 is 1.95 bits per heavy atom. The summed E-state index contributed by atoms with van der Waals surface area (Å²) >= 11 is 0. The van der Waals surface area contributed by atoms with Crippen LogP contribution in [-0.4, -0.2) is 14.6 Å². The minimum absolute atomic E-state index is 0.0929. The zero-order chi connectivity index (χ0) is 13.6. The number of rotatable bonds is 1. The summed E-state index contributed by atoms with van der Waals surface area (Å²) in [6, 6.07) is 7.76. The molecule has 0 radical (unpaired) electrons. The van der Waals surface area contributed by atoms with Crippen molar-refractivity contribution >= 4 is 5.65 Å². The summed E-state index contributed by atoms with van der Waals surface area (Å²) in [4.78, 5) is 16.2. The molecule has 2 heterocycles. The average molecular weight is 253 g/mol. The van der Waals surface area contributed by atoms with Crippen molar-refractivity contribution in [3.8, 4) is 11.1 Å². The molecule has 19 heavy (non-hydrogen) atoms. The van der Waals surface area contributed by atoms with E-state index in [1.165, 1.54) is 21.7 Å². The van der Waals surface area contributed by atoms with Crippen LogP contribution in [0.3, 0.4) is 0 Å². The molecule has 0 atom stereocenters. The van der Waals surface area contributed by atoms with Gasteiger partial charge in [-0.2, -0.15) is 0 Å². The SMILES string of the molecule is Cc1ccc(C)c(-c2c(C)[nH]n3c(=O)ccnc23)c1. The Balaban J connectivity index is 2.43. The standard InChI is InChI=1S/C15H15N3O/c1-9-4-5-10(2)12(8-9)14-11(3)17-18-13(19)6-7-16-15(14)18/h4-8,17H,1-3H3. The van der Waals surface area contributed by atoms with Gasteiger partial charge in [-0.3, -0.25) is 9.89 Å². The molecule has 0 fully saturated rings. The fourth-order valence-electron chi connectivity index (χ4n) is 2.41. The Bertz CT molecular complexity index is 827. The third-order valence-corrected chi connectivity index (χ3v) is 3.39. The number of fused-ring (bicyclic) bond motifs is 1. The Morgan fingerprint density at radius 3 is 2.74 bits per heavy atom. The van der Waals surface area contributed by atoms with E-state index in [9.17, 15) is 4.79 Å². The van der Waals surface area contributed by atoms with Crippen LogP contribution in [-0.2, 0) is 0 Å². The molecule has 2 aromatic heterocycles. The first-order chi connectivity index (χ1) is 9.08. The van der Waals surface area contributed by atoms with Crippen LogP contribution in [0.5, 0.6) is 0 Å². The lowest BCUT2D eigenvalue weighted by Gasteiger charge is -2.06. The summed E-state index contributed by atoms with van der Waals surface area (Å²) < 4.78 is 1.49. The second kappa shape index (κ2) is 4.09. The zero-order valence-corrected chi connectivity index (χ0v) is 11.2. The number of hydrogen-bond donors (Lipinski definition) is 1. The normalized spacial score (nSPS) is 11.1. The third kappa shape index (κ3) is 1.76. The maximum Gasteiger partial charge on any atom is 0.272 e. The lowest BCUT2D eigenvalue weighted by molar-refractivity contribution is 0.881. The van der Waals surface area contributed by atoms with Crippen LogP contribution in [0, 0.1) is 20.8 Å². The number of benzene rings is 1. The Labute approximate surface area is 110 Å². The quantitative estimate of drug-likeness (QED) is 0.724. The molecule has 4 nitrogen and oxygen atoms in total. The summed E-state index contributed by atoms with van der Waals surface area (Å²) in [5.74, 6) is 0. The van der Waals surface area contributed by atoms with Gasteiger partial charge in [0.2, 0.25) is 0 Å². The molecule has 3 rings (SSSR count). The van der Waals surface area contributed by atoms with E-state index >= 15 is 0 Å². The first-order valence-electron chi connectivity index (χ1n) is 6.22. The summed E-state index contributed by atoms with van der Waals surface area (Å²) in [7, 11) is 0. The monoisotopic (exact) mass is 253 g/mol. The van der Waals surface area contributed by atoms with Crippen molar-refractivity contribution < 1.29 is 0 Å². The molecule has 0 aliphatic heterocycles. The van der Waals surface area contributed by atoms with Crippen molar-refractivity contribution in [2.24, 2.45) is 0 Å². The fraction of sp³-hybridized carbons (Fsp3) is 0.200. The van der Waals surface area contributed by atoms with Crippen LogP contribution in [0.15, 0.2) is 35.3 Å². The summed E-state index contributed by atoms with van der Waals surface area (Å²) in [6.07, 6.45) is 1.56. The molecule has 0 unspecified atom stereocenters. The topological polar surface area (TPSA) is 50.2 Å². The van der Waals surface area contributed by atoms with Crippen LogP contribution in [0.25, 0.3) is 16.8 Å². The van der Waals surface area contributed by atoms with Gasteiger partial charge in [0.25, 0.3) is 5.56 Å². The van der Waals surface area contributed by atoms with E-state index in [0.29, 0.717) is 5.65 Å². The molecular formula is C15H15N3O. The lowest BCUT2D eigenvalue weighted by Crippen LogP contribution is -2.12. The van der Waals surface area contributed by atoms with E-state index < -0.39 is 0 Å². The Hall–Kier alpha value is -2.36. The highest BCUT2D eigenvalue weighted by Crippen LogP contribution is 2.29. The van der Waals surface area contributed by atoms with Crippen LogP contribution >= 0.6 is 0 Å². The van der Waals surface area contributed by atoms with Gasteiger partial charge in [-0.05, 0) is 31.9 Å². The summed E-state index contributed by atoms with van der Waals surface area (Å²) in [5.41, 5.74) is 6.02. The average Bonchev–Trinajstić information content (AvgIpc) is 2.70. The van der Waals surface area contributed by atoms with Gasteiger partial charge in [0.05, 0.1) is 0 Å². The highest BCUT2D eigenvalue weighted by molar-refractivity contribution is 5.81. The van der Waals surface area contributed by atoms with Crippen molar-refractivity contribution in [1.29, 1.82) is 0 Å². The highest BCUT2D eigenvalue weighted by atomic mass is 16.1. The molecule has 0 saturated carbocycles. The van der Waals surface area contributed by atoms with E-state index in [0.717, 1.165) is 16.8 Å². The molecule has 1 aromatic carbocycles. The molecule has 4 heteroatoms. The van der Waals surface area contributed by atoms with Gasteiger partial charge in [-0.25, -0.2) is 9.50 Å². The number of aromatic nitrogens is 3. The van der Waals surface area contributed by atoms with E-state index in [1.807, 2.05) is 6.92 Å². The van der Waals surface area contributed by atoms with Gasteiger partial charge in [0, 0.05) is 23.5 Å². The first-order valence-corrected chi connectivity index (χ1v) is 6.22. The number of hydrogen-bond acceptors (Lipinski definition) is 2. The molecule has 0 aliphatic carbocycles. The molecule has 96 valence electrons. The van der Waals surface area contributed by atoms with Gasteiger partial charge in [0.1, 0.15) is 0 Å². The number of nitrogens with one attached hydrogen (secondary N) is 1. The summed E-state index contributed by atoms with van der Waals surface area (Å²) in [6.45, 7) is 6.09. The predicted molar refractivity (Wildman–Crippen MR) is 75.5 cm³/mol. The van der Waals surface area contributed by atoms with Crippen molar-refractivity contribution in [2.75, 3.05) is 0 Å². The smallest absolute Gasteiger partial charge is 0.272 e. The predicted octanol–water partition coefficient (Wildman–Crippen LogP) is 2.61. The van der Waals surface area contributed by atoms with Crippen molar-refractivity contribution in [3.63, 3.8) is 0 Å². The maximum absolute atomic E-state index is 11.8. The first kappa shape index (κ1) is 11.7. The van der Waals surface area contributed by atoms with Gasteiger partial charge < -0.3 is 0 Å². The molecule has 0 bridgehead atoms. The van der Waals surface area contributed by atoms with Gasteiger partial charge in [-0.15, -0.1) is 0 Å². The van der Waals surface area contributed by atoms with E-state index in [2.05, 4.69) is 42.1 Å². The Morgan fingerprint density at radius 1 is 1.16 bits per heavy atom. The van der Waals surface area contributed by atoms with Crippen molar-refractivity contribution in [2.45, 2.75) is 20.8 Å². The second-order valence-electron chi connectivity index (χ2n) is 4.87. The van der Waals surface area contributed by atoms with Crippen LogP contribution in [0.2, 0.25) is 0 Å². The van der Waals surface area contributed by atoms with E-state index in [1.54, 1.807) is 6.20 Å². The fourth-order valence-corrected chi connectivity index (χ4v) is 2.41. The molecule has 3 aromatic rings. The highest BCUT2D eigenvalue weighted by Gasteiger charge is 2.14. The summed E-state index contributed by atoms with van der Waals surface area (Å²) in [5, 5.41) is 3.08. The van der Waals surface area contributed by atoms with Crippen molar-refractivity contribution in [1.82, 2.24) is 14.6 Å². The van der Waals surface area contributed by atoms with Gasteiger partial charge in [-0.1, -0.05) is 23.8 Å². The van der Waals surface area contributed by atoms with E-state index in [4.69, 9.17) is 0 Å². The number of H-pyrrole nitrogens is 1. The minimum Gasteiger partial charge on any atom is -0.293 e. The molecule has 1 N–H and O–H groups in total. The van der Waals surface area contributed by atoms with E-state index in [-0.39, 0.29) is 5.56 Å². The maximum atomic E-state index is 11.8. The van der Waals surface area contributed by atoms with Gasteiger partial charge >= 0.3 is 0 Å². The van der Waals surface area contributed by atoms with Gasteiger partial charge in [0.15, 0.2) is 5.65 Å². The molecule has 0 aliphatic rings. The third-order valence-electron chi connectivity index (χ3n) is 3.39. The molecule has 0 amide bonds. The number of aryl methyl sites for hydroxylation is 3. The second-order valence-corrected chi connectivity index (χ2v) is 4.87. The van der Waals surface area contributed by atoms with Crippen LogP contribution < -0.4 is 5.56 Å². The van der Waals surface area contributed by atoms with Crippen LogP contribution in [0.1, 0.15) is 16.8 Å². The lowest BCUT2D eigenvalue weighted by atomic mass is 9.99. The largest absolute Gasteiger partial charge is 0.293 e. The minimum atomic E-state index is -0.0929. The van der Waals surface area contributed by atoms with Crippen molar-refractivity contribution in [3.05, 3.63) is 57.6 Å². The Kier molecular flexibility index (Phi) is 2.52. The number of aromatic amines is 1. The van der Waals surface area contributed by atoms with Crippen LogP contribution in [0.4, 0.5) is 0 Å². The molecule has 0 spiro atoms. The molecule has 0 saturated heterocycles. The zero-order valence-electron chi connectivity index (χ0n) is 11.2.